The predicted octanol–water partition coefficient (Wildman–Crippen LogP) is 1.44. The van der Waals surface area contributed by atoms with E-state index in [-0.39, 0.29) is 6.42 Å². The second kappa shape index (κ2) is 4.41. The van der Waals surface area contributed by atoms with Crippen LogP contribution in [0.3, 0.4) is 0 Å². The molecule has 1 atom stereocenters. The molecule has 4 nitrogen and oxygen atoms in total. The number of hydrogen-bond donors (Lipinski definition) is 1. The highest BCUT2D eigenvalue weighted by Gasteiger charge is 2.55. The Morgan fingerprint density at radius 3 is 2.39 bits per heavy atom. The van der Waals surface area contributed by atoms with E-state index in [1.54, 1.807) is 6.92 Å². The van der Waals surface area contributed by atoms with Crippen LogP contribution in [0.5, 0.6) is 0 Å². The van der Waals surface area contributed by atoms with Crippen molar-refractivity contribution in [2.45, 2.75) is 38.4 Å². The second-order valence-electron chi connectivity index (χ2n) is 5.29. The lowest BCUT2D eigenvalue weighted by Crippen LogP contribution is -2.46. The Bertz CT molecular complexity index is 446. The monoisotopic (exact) mass is 248 g/mol. The smallest absolute Gasteiger partial charge is 0.481 e. The highest BCUT2D eigenvalue weighted by atomic mass is 16.7. The van der Waals surface area contributed by atoms with Crippen LogP contribution in [-0.2, 0) is 14.1 Å². The van der Waals surface area contributed by atoms with E-state index in [2.05, 4.69) is 0 Å². The Balaban J connectivity index is 2.24. The number of carboxylic acids is 1. The number of aliphatic carboxylic acids is 1. The van der Waals surface area contributed by atoms with E-state index in [4.69, 9.17) is 14.4 Å². The largest absolute Gasteiger partial charge is 0.494 e. The molecule has 1 aliphatic heterocycles. The minimum absolute atomic E-state index is 0.0800. The molecule has 0 radical (unpaired) electrons. The topological polar surface area (TPSA) is 55.8 Å². The summed E-state index contributed by atoms with van der Waals surface area (Å²) in [4.78, 5) is 11.0. The van der Waals surface area contributed by atoms with Gasteiger partial charge in [0.15, 0.2) is 0 Å². The van der Waals surface area contributed by atoms with E-state index in [9.17, 15) is 4.79 Å². The van der Waals surface area contributed by atoms with Gasteiger partial charge in [0, 0.05) is 0 Å². The summed E-state index contributed by atoms with van der Waals surface area (Å²) in [7, 11) is -0.509. The van der Waals surface area contributed by atoms with Gasteiger partial charge in [0.05, 0.1) is 17.6 Å². The molecule has 96 valence electrons. The van der Waals surface area contributed by atoms with Crippen LogP contribution in [0.4, 0.5) is 0 Å². The molecule has 1 aromatic rings. The third kappa shape index (κ3) is 2.28. The molecule has 1 aliphatic rings. The lowest BCUT2D eigenvalue weighted by molar-refractivity contribution is -0.143. The Morgan fingerprint density at radius 1 is 1.22 bits per heavy atom. The molecule has 0 amide bonds. The minimum atomic E-state index is -0.886. The number of rotatable bonds is 3. The van der Waals surface area contributed by atoms with Crippen LogP contribution >= 0.6 is 0 Å². The first kappa shape index (κ1) is 13.1. The van der Waals surface area contributed by atoms with Crippen LogP contribution in [0.2, 0.25) is 0 Å². The third-order valence-corrected chi connectivity index (χ3v) is 3.60. The fraction of sp³-hybridized carbons (Fsp3) is 0.462. The van der Waals surface area contributed by atoms with Crippen LogP contribution in [0.1, 0.15) is 27.2 Å². The van der Waals surface area contributed by atoms with E-state index >= 15 is 0 Å². The molecule has 0 bridgehead atoms. The molecule has 1 heterocycles. The third-order valence-electron chi connectivity index (χ3n) is 3.60. The zero-order valence-electron chi connectivity index (χ0n) is 10.8. The van der Waals surface area contributed by atoms with E-state index < -0.39 is 24.3 Å². The van der Waals surface area contributed by atoms with Crippen molar-refractivity contribution >= 4 is 18.6 Å². The van der Waals surface area contributed by atoms with Gasteiger partial charge in [0.25, 0.3) is 0 Å². The van der Waals surface area contributed by atoms with Crippen molar-refractivity contribution in [2.75, 3.05) is 0 Å². The highest BCUT2D eigenvalue weighted by Crippen LogP contribution is 2.39. The highest BCUT2D eigenvalue weighted by molar-refractivity contribution is 6.62. The molecule has 1 N–H and O–H groups in total. The first-order valence-electron chi connectivity index (χ1n) is 5.96. The van der Waals surface area contributed by atoms with Gasteiger partial charge < -0.3 is 14.4 Å². The normalized spacial score (nSPS) is 26.3. The molecule has 18 heavy (non-hydrogen) atoms. The van der Waals surface area contributed by atoms with Crippen molar-refractivity contribution in [2.24, 2.45) is 0 Å². The zero-order chi connectivity index (χ0) is 13.4. The molecule has 1 saturated heterocycles. The fourth-order valence-electron chi connectivity index (χ4n) is 2.08. The van der Waals surface area contributed by atoms with E-state index in [0.29, 0.717) is 0 Å². The van der Waals surface area contributed by atoms with E-state index in [1.807, 2.05) is 44.2 Å². The van der Waals surface area contributed by atoms with Crippen LogP contribution < -0.4 is 5.46 Å². The summed E-state index contributed by atoms with van der Waals surface area (Å²) in [5.41, 5.74) is -0.578. The summed E-state index contributed by atoms with van der Waals surface area (Å²) in [6.45, 7) is 5.50. The van der Waals surface area contributed by atoms with Gasteiger partial charge in [-0.2, -0.15) is 0 Å². The lowest BCUT2D eigenvalue weighted by atomic mass is 9.79. The SMILES string of the molecule is CC1(C)OB(c2ccccc2)OC1(C)CC(=O)O. The van der Waals surface area contributed by atoms with Gasteiger partial charge in [0.2, 0.25) is 0 Å². The Hall–Kier alpha value is -1.33. The Kier molecular flexibility index (Phi) is 3.21. The predicted molar refractivity (Wildman–Crippen MR) is 68.7 cm³/mol. The quantitative estimate of drug-likeness (QED) is 0.822. The number of carbonyl (C=O) groups is 1. The maximum absolute atomic E-state index is 11.0. The van der Waals surface area contributed by atoms with Gasteiger partial charge in [-0.05, 0) is 26.2 Å². The van der Waals surface area contributed by atoms with Crippen molar-refractivity contribution < 1.29 is 19.2 Å². The van der Waals surface area contributed by atoms with Crippen molar-refractivity contribution in [3.63, 3.8) is 0 Å². The molecule has 0 aliphatic carbocycles. The molecule has 1 unspecified atom stereocenters. The van der Waals surface area contributed by atoms with Gasteiger partial charge in [-0.3, -0.25) is 4.79 Å². The van der Waals surface area contributed by atoms with Crippen molar-refractivity contribution in [1.82, 2.24) is 0 Å². The maximum atomic E-state index is 11.0. The van der Waals surface area contributed by atoms with E-state index in [1.165, 1.54) is 0 Å². The molecule has 1 fully saturated rings. The molecular weight excluding hydrogens is 231 g/mol. The summed E-state index contributed by atoms with van der Waals surface area (Å²) < 4.78 is 11.7. The number of hydrogen-bond acceptors (Lipinski definition) is 3. The minimum Gasteiger partial charge on any atom is -0.481 e. The molecule has 5 heteroatoms. The van der Waals surface area contributed by atoms with Crippen LogP contribution in [-0.4, -0.2) is 29.4 Å². The molecule has 1 aromatic carbocycles. The van der Waals surface area contributed by atoms with Gasteiger partial charge in [-0.1, -0.05) is 30.3 Å². The number of benzene rings is 1. The summed E-state index contributed by atoms with van der Waals surface area (Å²) in [6.07, 6.45) is -0.0800. The second-order valence-corrected chi connectivity index (χ2v) is 5.29. The summed E-state index contributed by atoms with van der Waals surface area (Å²) in [6, 6.07) is 9.55. The average molecular weight is 248 g/mol. The maximum Gasteiger partial charge on any atom is 0.494 e. The summed E-state index contributed by atoms with van der Waals surface area (Å²) >= 11 is 0. The van der Waals surface area contributed by atoms with Gasteiger partial charge in [-0.25, -0.2) is 0 Å². The van der Waals surface area contributed by atoms with Crippen molar-refractivity contribution in [3.05, 3.63) is 30.3 Å². The van der Waals surface area contributed by atoms with Crippen LogP contribution in [0, 0.1) is 0 Å². The molecule has 0 saturated carbocycles. The van der Waals surface area contributed by atoms with Gasteiger partial charge in [0.1, 0.15) is 0 Å². The molecular formula is C13H17BO4. The van der Waals surface area contributed by atoms with Gasteiger partial charge >= 0.3 is 13.1 Å². The summed E-state index contributed by atoms with van der Waals surface area (Å²) in [5, 5.41) is 8.99. The first-order chi connectivity index (χ1) is 8.34. The van der Waals surface area contributed by atoms with Gasteiger partial charge in [-0.15, -0.1) is 0 Å². The standard InChI is InChI=1S/C13H17BO4/c1-12(2)13(3,9-11(15)16)18-14(17-12)10-7-5-4-6-8-10/h4-8H,9H2,1-3H3,(H,15,16). The summed E-state index contributed by atoms with van der Waals surface area (Å²) in [5.74, 6) is -0.886. The average Bonchev–Trinajstić information content (AvgIpc) is 2.50. The molecule has 0 aromatic heterocycles. The molecule has 2 rings (SSSR count). The zero-order valence-corrected chi connectivity index (χ0v) is 10.8. The van der Waals surface area contributed by atoms with Crippen molar-refractivity contribution in [1.29, 1.82) is 0 Å². The van der Waals surface area contributed by atoms with Crippen molar-refractivity contribution in [3.8, 4) is 0 Å². The fourth-order valence-corrected chi connectivity index (χ4v) is 2.08. The number of carboxylic acid groups (broad SMARTS) is 1. The molecule has 0 spiro atoms. The first-order valence-corrected chi connectivity index (χ1v) is 5.96. The lowest BCUT2D eigenvalue weighted by Gasteiger charge is -2.34. The Morgan fingerprint density at radius 2 is 1.83 bits per heavy atom. The van der Waals surface area contributed by atoms with Crippen LogP contribution in [0.25, 0.3) is 0 Å². The van der Waals surface area contributed by atoms with E-state index in [0.717, 1.165) is 5.46 Å². The Labute approximate surface area is 107 Å². The van der Waals surface area contributed by atoms with Crippen LogP contribution in [0.15, 0.2) is 30.3 Å².